The van der Waals surface area contributed by atoms with E-state index in [1.165, 1.54) is 0 Å². The van der Waals surface area contributed by atoms with Gasteiger partial charge in [0.2, 0.25) is 0 Å². The molecule has 14 N–H and O–H groups in total. The fourth-order valence-corrected chi connectivity index (χ4v) is 16.2. The largest absolute Gasteiger partial charge is 0.396 e. The van der Waals surface area contributed by atoms with Gasteiger partial charge in [0.05, 0.1) is 65.8 Å². The van der Waals surface area contributed by atoms with Gasteiger partial charge in [-0.2, -0.15) is 0 Å². The highest BCUT2D eigenvalue weighted by molar-refractivity contribution is 6.00. The number of nitrogens with two attached hydrogens (primary N) is 1. The fraction of sp³-hybridized carbons (Fsp3) is 0.863. The number of ketones is 1. The van der Waals surface area contributed by atoms with E-state index < -0.39 is 106 Å². The molecule has 6 fully saturated rings. The van der Waals surface area contributed by atoms with Crippen molar-refractivity contribution in [2.45, 2.75) is 208 Å². The second kappa shape index (κ2) is 19.3. The van der Waals surface area contributed by atoms with Gasteiger partial charge >= 0.3 is 0 Å². The van der Waals surface area contributed by atoms with E-state index in [0.29, 0.717) is 38.0 Å². The summed E-state index contributed by atoms with van der Waals surface area (Å²) in [4.78, 5) is 15.4. The van der Waals surface area contributed by atoms with E-state index in [9.17, 15) is 51.1 Å². The zero-order valence-corrected chi connectivity index (χ0v) is 39.7. The highest BCUT2D eigenvalue weighted by Gasteiger charge is 2.76. The molecule has 15 heteroatoms. The van der Waals surface area contributed by atoms with Crippen LogP contribution in [0.3, 0.4) is 0 Å². The second-order valence-corrected chi connectivity index (χ2v) is 22.6. The molecule has 1 unspecified atom stereocenters. The van der Waals surface area contributed by atoms with Gasteiger partial charge in [0.15, 0.2) is 5.78 Å². The van der Waals surface area contributed by atoms with Gasteiger partial charge in [0.1, 0.15) is 5.60 Å². The van der Waals surface area contributed by atoms with Gasteiger partial charge in [-0.05, 0) is 157 Å². The topological polar surface area (TPSA) is 279 Å². The molecule has 8 rings (SSSR count). The standard InChI is InChI=1S/C51H83N3O12/c1-4-7-29-10-13-31-38(14-11-29)66-46-41(31)34(58)9-5-18-51(46,65)47(3,63)39-17-20-50(64)43-42(37(61)26-49(39,50)21-23-56)48(19-16-30-12-15-40(52)54-33(30)8-6-22-55)25-36(60)35(59)24-32(48)45(62)44(43)53-27-28(2)57/h12,15,28-29,31-32,34-42,46,53-61,63-65H,4-11,13-14,16-27,52H2,1-3H3/t28-,29+,31+,32-,34+,35+,36-,37+,38+,39+,40?,41+,42-,46+,47+,48-,49+,50+,51+/m0/s1. The molecule has 374 valence electrons. The Kier molecular flexibility index (Phi) is 14.7. The molecule has 2 heterocycles. The average Bonchev–Trinajstić information content (AvgIpc) is 3.66. The number of aliphatic hydroxyl groups is 10. The Hall–Kier alpha value is -1.99. The molecule has 0 bridgehead atoms. The number of hydrogen-bond donors (Lipinski definition) is 13. The van der Waals surface area contributed by atoms with E-state index >= 15 is 4.79 Å². The summed E-state index contributed by atoms with van der Waals surface area (Å²) in [5, 5.41) is 127. The van der Waals surface area contributed by atoms with Gasteiger partial charge in [0.25, 0.3) is 0 Å². The predicted molar refractivity (Wildman–Crippen MR) is 246 cm³/mol. The molecule has 0 aromatic carbocycles. The van der Waals surface area contributed by atoms with Crippen LogP contribution in [-0.2, 0) is 9.53 Å². The van der Waals surface area contributed by atoms with Crippen LogP contribution in [0.5, 0.6) is 0 Å². The predicted octanol–water partition coefficient (Wildman–Crippen LogP) is 2.07. The zero-order chi connectivity index (χ0) is 47.6. The minimum Gasteiger partial charge on any atom is -0.396 e. The van der Waals surface area contributed by atoms with Crippen molar-refractivity contribution in [1.82, 2.24) is 10.6 Å². The third kappa shape index (κ3) is 8.18. The van der Waals surface area contributed by atoms with Gasteiger partial charge in [-0.15, -0.1) is 0 Å². The van der Waals surface area contributed by atoms with Gasteiger partial charge in [0, 0.05) is 48.6 Å². The Morgan fingerprint density at radius 1 is 0.955 bits per heavy atom. The number of dihydropyridines is 1. The van der Waals surface area contributed by atoms with Crippen LogP contribution >= 0.6 is 0 Å². The van der Waals surface area contributed by atoms with Crippen molar-refractivity contribution in [3.05, 3.63) is 34.7 Å². The maximum Gasteiger partial charge on any atom is 0.182 e. The average molecular weight is 930 g/mol. The Labute approximate surface area is 391 Å². The van der Waals surface area contributed by atoms with Crippen LogP contribution in [0.25, 0.3) is 0 Å². The first-order valence-electron chi connectivity index (χ1n) is 25.7. The van der Waals surface area contributed by atoms with Gasteiger partial charge in [-0.3, -0.25) is 4.79 Å². The van der Waals surface area contributed by atoms with Crippen LogP contribution in [0, 0.1) is 46.3 Å². The monoisotopic (exact) mass is 930 g/mol. The molecule has 2 aliphatic heterocycles. The van der Waals surface area contributed by atoms with Crippen molar-refractivity contribution < 1.29 is 60.6 Å². The van der Waals surface area contributed by atoms with Crippen molar-refractivity contribution >= 4 is 5.78 Å². The molecule has 0 aromatic heterocycles. The molecule has 15 nitrogen and oxygen atoms in total. The van der Waals surface area contributed by atoms with E-state index in [2.05, 4.69) is 17.6 Å². The lowest BCUT2D eigenvalue weighted by Gasteiger charge is -2.65. The number of aliphatic hydroxyl groups excluding tert-OH is 7. The summed E-state index contributed by atoms with van der Waals surface area (Å²) in [6.07, 6.45) is 5.24. The highest BCUT2D eigenvalue weighted by Crippen LogP contribution is 2.72. The van der Waals surface area contributed by atoms with Crippen LogP contribution in [0.15, 0.2) is 34.7 Å². The van der Waals surface area contributed by atoms with Crippen molar-refractivity contribution in [1.29, 1.82) is 0 Å². The minimum atomic E-state index is -1.99. The number of rotatable bonds is 15. The van der Waals surface area contributed by atoms with Crippen molar-refractivity contribution in [3.8, 4) is 0 Å². The lowest BCUT2D eigenvalue weighted by molar-refractivity contribution is -0.262. The Balaban J connectivity index is 1.23. The van der Waals surface area contributed by atoms with Crippen molar-refractivity contribution in [2.75, 3.05) is 19.8 Å². The summed E-state index contributed by atoms with van der Waals surface area (Å²) in [5.74, 6) is -3.02. The molecule has 8 aliphatic rings. The third-order valence-corrected chi connectivity index (χ3v) is 19.1. The smallest absolute Gasteiger partial charge is 0.182 e. The first-order valence-corrected chi connectivity index (χ1v) is 25.7. The van der Waals surface area contributed by atoms with E-state index in [1.807, 2.05) is 12.2 Å². The maximum atomic E-state index is 15.4. The van der Waals surface area contributed by atoms with Crippen molar-refractivity contribution in [3.63, 3.8) is 0 Å². The van der Waals surface area contributed by atoms with Crippen LogP contribution in [-0.4, -0.2) is 142 Å². The summed E-state index contributed by atoms with van der Waals surface area (Å²) < 4.78 is 6.94. The number of Topliss-reactive ketones (excluding diaryl/α,β-unsaturated/α-hetero) is 1. The van der Waals surface area contributed by atoms with Crippen LogP contribution in [0.1, 0.15) is 143 Å². The molecule has 5 saturated carbocycles. The maximum absolute atomic E-state index is 15.4. The molecular weight excluding hydrogens is 847 g/mol. The minimum absolute atomic E-state index is 0.00375. The first kappa shape index (κ1) is 50.4. The molecule has 0 radical (unpaired) electrons. The van der Waals surface area contributed by atoms with Gasteiger partial charge < -0.3 is 72.2 Å². The summed E-state index contributed by atoms with van der Waals surface area (Å²) in [6, 6.07) is 0. The summed E-state index contributed by atoms with van der Waals surface area (Å²) >= 11 is 0. The van der Waals surface area contributed by atoms with Crippen LogP contribution < -0.4 is 16.4 Å². The SMILES string of the molecule is CCC[C@@H]1CC[C@H]2[C@@H]3[C@H](O)CCC[C@](O)([C@](C)(O)[C@H]4CC[C@@]5(O)C6=C(NC[C@H](C)O)C(=O)[C@@H]7C[C@@H](O)[C@@H](O)C[C@]7(CCC7=C(CCCO)NC(N)C=C7)[C@H]6[C@H](O)C[C@]45CCO)[C@@H]3O[C@@H]2CC1. The van der Waals surface area contributed by atoms with Gasteiger partial charge in [-0.25, -0.2) is 0 Å². The van der Waals surface area contributed by atoms with Gasteiger partial charge in [-0.1, -0.05) is 32.3 Å². The number of carbonyl (C=O) groups is 1. The Morgan fingerprint density at radius 2 is 1.71 bits per heavy atom. The third-order valence-electron chi connectivity index (χ3n) is 19.1. The Bertz CT molecular complexity index is 1860. The number of nitrogens with one attached hydrogen (secondary N) is 2. The molecule has 6 aliphatic carbocycles. The van der Waals surface area contributed by atoms with Crippen molar-refractivity contribution in [2.24, 2.45) is 52.1 Å². The number of allylic oxidation sites excluding steroid dienone is 4. The quantitative estimate of drug-likeness (QED) is 0.112. The lowest BCUT2D eigenvalue weighted by Crippen LogP contribution is -2.71. The van der Waals surface area contributed by atoms with E-state index in [0.717, 1.165) is 49.8 Å². The number of ether oxygens (including phenoxy) is 1. The normalized spacial score (nSPS) is 46.0. The highest BCUT2D eigenvalue weighted by atomic mass is 16.5. The first-order chi connectivity index (χ1) is 31.3. The van der Waals surface area contributed by atoms with Crippen LogP contribution in [0.4, 0.5) is 0 Å². The van der Waals surface area contributed by atoms with E-state index in [4.69, 9.17) is 10.5 Å². The second-order valence-electron chi connectivity index (χ2n) is 22.6. The molecule has 19 atom stereocenters. The molecular formula is C51H83N3O12. The molecule has 0 aromatic rings. The summed E-state index contributed by atoms with van der Waals surface area (Å²) in [7, 11) is 0. The lowest BCUT2D eigenvalue weighted by atomic mass is 9.42. The molecule has 0 spiro atoms. The fourth-order valence-electron chi connectivity index (χ4n) is 16.2. The number of hydrogen-bond acceptors (Lipinski definition) is 15. The number of carbonyl (C=O) groups excluding carboxylic acids is 1. The molecule has 1 saturated heterocycles. The Morgan fingerprint density at radius 3 is 2.42 bits per heavy atom. The summed E-state index contributed by atoms with van der Waals surface area (Å²) in [6.45, 7) is 4.85. The molecule has 66 heavy (non-hydrogen) atoms. The van der Waals surface area contributed by atoms with Crippen LogP contribution in [0.2, 0.25) is 0 Å². The van der Waals surface area contributed by atoms with E-state index in [1.54, 1.807) is 13.8 Å². The summed E-state index contributed by atoms with van der Waals surface area (Å²) in [5.41, 5.74) is -0.232. The molecule has 0 amide bonds. The zero-order valence-electron chi connectivity index (χ0n) is 39.7. The van der Waals surface area contributed by atoms with E-state index in [-0.39, 0.29) is 87.8 Å². The number of fused-ring (bicyclic) bond motifs is 8.